The number of aliphatic carboxylic acids is 1. The van der Waals surface area contributed by atoms with Crippen molar-refractivity contribution >= 4 is 17.8 Å². The van der Waals surface area contributed by atoms with Crippen LogP contribution in [0.1, 0.15) is 34.3 Å². The minimum absolute atomic E-state index is 0.0447. The molecule has 0 aliphatic carbocycles. The highest BCUT2D eigenvalue weighted by Crippen LogP contribution is 2.27. The third-order valence-electron chi connectivity index (χ3n) is 4.20. The van der Waals surface area contributed by atoms with Gasteiger partial charge < -0.3 is 16.2 Å². The third kappa shape index (κ3) is 4.69. The van der Waals surface area contributed by atoms with Crippen molar-refractivity contribution in [1.29, 1.82) is 0 Å². The molecule has 0 unspecified atom stereocenters. The molecule has 0 aliphatic heterocycles. The molecule has 0 aromatic heterocycles. The molecule has 6 heteroatoms. The monoisotopic (exact) mass is 354 g/mol. The Morgan fingerprint density at radius 2 is 1.62 bits per heavy atom. The highest BCUT2D eigenvalue weighted by Gasteiger charge is 2.21. The lowest BCUT2D eigenvalue weighted by Gasteiger charge is -2.14. The smallest absolute Gasteiger partial charge is 0.326 e. The lowest BCUT2D eigenvalue weighted by Crippen LogP contribution is -2.41. The summed E-state index contributed by atoms with van der Waals surface area (Å²) in [4.78, 5) is 34.3. The molecule has 0 heterocycles. The van der Waals surface area contributed by atoms with Gasteiger partial charge in [-0.2, -0.15) is 0 Å². The molecule has 0 fully saturated rings. The number of hydrogen-bond acceptors (Lipinski definition) is 3. The van der Waals surface area contributed by atoms with Crippen LogP contribution in [-0.4, -0.2) is 28.9 Å². The largest absolute Gasteiger partial charge is 0.480 e. The van der Waals surface area contributed by atoms with Gasteiger partial charge in [-0.25, -0.2) is 4.79 Å². The van der Waals surface area contributed by atoms with E-state index in [1.165, 1.54) is 0 Å². The quantitative estimate of drug-likeness (QED) is 0.709. The lowest BCUT2D eigenvalue weighted by atomic mass is 9.95. The molecule has 0 aliphatic rings. The van der Waals surface area contributed by atoms with Crippen LogP contribution in [0.25, 0.3) is 11.1 Å². The Morgan fingerprint density at radius 3 is 2.12 bits per heavy atom. The van der Waals surface area contributed by atoms with Crippen molar-refractivity contribution in [3.63, 3.8) is 0 Å². The van der Waals surface area contributed by atoms with E-state index in [9.17, 15) is 14.4 Å². The summed E-state index contributed by atoms with van der Waals surface area (Å²) in [6.45, 7) is 4.05. The first-order valence-electron chi connectivity index (χ1n) is 8.28. The Hall–Kier alpha value is -3.15. The van der Waals surface area contributed by atoms with E-state index < -0.39 is 23.8 Å². The summed E-state index contributed by atoms with van der Waals surface area (Å²) in [7, 11) is 0. The summed E-state index contributed by atoms with van der Waals surface area (Å²) in [6, 6.07) is 11.9. The average Bonchev–Trinajstić information content (AvgIpc) is 2.58. The molecule has 0 radical (unpaired) electrons. The van der Waals surface area contributed by atoms with E-state index in [0.29, 0.717) is 5.56 Å². The summed E-state index contributed by atoms with van der Waals surface area (Å²) in [5, 5.41) is 11.6. The average molecular weight is 354 g/mol. The zero-order valence-electron chi connectivity index (χ0n) is 14.8. The second-order valence-corrected chi connectivity index (χ2v) is 6.21. The van der Waals surface area contributed by atoms with Crippen molar-refractivity contribution < 1.29 is 19.5 Å². The molecule has 2 rings (SSSR count). The molecule has 0 saturated carbocycles. The first-order valence-corrected chi connectivity index (χ1v) is 8.28. The number of carbonyl (C=O) groups excluding carboxylic acids is 2. The van der Waals surface area contributed by atoms with E-state index in [4.69, 9.17) is 10.8 Å². The molecule has 1 atom stereocenters. The number of rotatable bonds is 7. The van der Waals surface area contributed by atoms with Crippen molar-refractivity contribution in [2.24, 2.45) is 5.73 Å². The topological polar surface area (TPSA) is 109 Å². The Bertz CT molecular complexity index is 808. The fourth-order valence-electron chi connectivity index (χ4n) is 2.84. The first kappa shape index (κ1) is 19.2. The Labute approximate surface area is 152 Å². The highest BCUT2D eigenvalue weighted by atomic mass is 16.4. The molecular weight excluding hydrogens is 332 g/mol. The number of carboxylic acid groups (broad SMARTS) is 1. The number of hydrogen-bond donors (Lipinski definition) is 3. The van der Waals surface area contributed by atoms with Gasteiger partial charge >= 0.3 is 5.97 Å². The summed E-state index contributed by atoms with van der Waals surface area (Å²) in [5.74, 6) is -2.31. The van der Waals surface area contributed by atoms with Gasteiger partial charge in [-0.3, -0.25) is 9.59 Å². The molecule has 6 nitrogen and oxygen atoms in total. The number of benzene rings is 2. The SMILES string of the molecule is Cc1cccc(C)c1-c1ccc(C(=O)N[C@@H](CCC(N)=O)C(=O)O)cc1. The van der Waals surface area contributed by atoms with E-state index in [-0.39, 0.29) is 12.8 Å². The van der Waals surface area contributed by atoms with Gasteiger partial charge in [-0.1, -0.05) is 30.3 Å². The standard InChI is InChI=1S/C20H22N2O4/c1-12-4-3-5-13(2)18(12)14-6-8-15(9-7-14)19(24)22-16(20(25)26)10-11-17(21)23/h3-9,16H,10-11H2,1-2H3,(H2,21,23)(H,22,24)(H,25,26)/t16-/m0/s1. The number of nitrogens with two attached hydrogens (primary N) is 1. The molecule has 2 amide bonds. The van der Waals surface area contributed by atoms with Gasteiger partial charge in [0.05, 0.1) is 0 Å². The molecular formula is C20H22N2O4. The fourth-order valence-corrected chi connectivity index (χ4v) is 2.84. The van der Waals surface area contributed by atoms with E-state index in [1.54, 1.807) is 12.1 Å². The maximum absolute atomic E-state index is 12.3. The first-order chi connectivity index (χ1) is 12.3. The van der Waals surface area contributed by atoms with Crippen LogP contribution in [-0.2, 0) is 9.59 Å². The minimum atomic E-state index is -1.20. The van der Waals surface area contributed by atoms with Gasteiger partial charge in [0.15, 0.2) is 0 Å². The van der Waals surface area contributed by atoms with Gasteiger partial charge in [0.1, 0.15) is 6.04 Å². The number of aryl methyl sites for hydroxylation is 2. The van der Waals surface area contributed by atoms with Crippen LogP contribution in [0.3, 0.4) is 0 Å². The zero-order valence-corrected chi connectivity index (χ0v) is 14.8. The third-order valence-corrected chi connectivity index (χ3v) is 4.20. The number of primary amides is 1. The van der Waals surface area contributed by atoms with Crippen molar-refractivity contribution in [1.82, 2.24) is 5.32 Å². The van der Waals surface area contributed by atoms with Gasteiger partial charge in [0, 0.05) is 12.0 Å². The van der Waals surface area contributed by atoms with Gasteiger partial charge in [0.2, 0.25) is 5.91 Å². The maximum atomic E-state index is 12.3. The van der Waals surface area contributed by atoms with Gasteiger partial charge in [-0.15, -0.1) is 0 Å². The molecule has 0 spiro atoms. The van der Waals surface area contributed by atoms with Crippen molar-refractivity contribution in [2.45, 2.75) is 32.7 Å². The molecule has 26 heavy (non-hydrogen) atoms. The van der Waals surface area contributed by atoms with E-state index in [0.717, 1.165) is 22.3 Å². The lowest BCUT2D eigenvalue weighted by molar-refractivity contribution is -0.139. The molecule has 2 aromatic carbocycles. The zero-order chi connectivity index (χ0) is 19.3. The molecule has 136 valence electrons. The number of nitrogens with one attached hydrogen (secondary N) is 1. The van der Waals surface area contributed by atoms with Crippen LogP contribution in [0.15, 0.2) is 42.5 Å². The van der Waals surface area contributed by atoms with Gasteiger partial charge in [0.25, 0.3) is 5.91 Å². The molecule has 0 saturated heterocycles. The molecule has 4 N–H and O–H groups in total. The van der Waals surface area contributed by atoms with Gasteiger partial charge in [-0.05, 0) is 54.7 Å². The van der Waals surface area contributed by atoms with Crippen molar-refractivity contribution in [2.75, 3.05) is 0 Å². The van der Waals surface area contributed by atoms with Crippen LogP contribution in [0.4, 0.5) is 0 Å². The Kier molecular flexibility index (Phi) is 6.11. The fraction of sp³-hybridized carbons (Fsp3) is 0.250. The van der Waals surface area contributed by atoms with Crippen molar-refractivity contribution in [3.8, 4) is 11.1 Å². The predicted octanol–water partition coefficient (Wildman–Crippen LogP) is 2.42. The predicted molar refractivity (Wildman–Crippen MR) is 98.7 cm³/mol. The minimum Gasteiger partial charge on any atom is -0.480 e. The number of carbonyl (C=O) groups is 3. The second kappa shape index (κ2) is 8.29. The van der Waals surface area contributed by atoms with E-state index in [2.05, 4.69) is 5.32 Å². The number of carboxylic acids is 1. The summed E-state index contributed by atoms with van der Waals surface area (Å²) in [6.07, 6.45) is -0.153. The van der Waals surface area contributed by atoms with Crippen LogP contribution >= 0.6 is 0 Å². The van der Waals surface area contributed by atoms with E-state index >= 15 is 0 Å². The Balaban J connectivity index is 2.15. The van der Waals surface area contributed by atoms with Crippen LogP contribution in [0.2, 0.25) is 0 Å². The summed E-state index contributed by atoms with van der Waals surface area (Å²) in [5.41, 5.74) is 9.77. The number of amides is 2. The van der Waals surface area contributed by atoms with Crippen LogP contribution in [0.5, 0.6) is 0 Å². The normalized spacial score (nSPS) is 11.6. The van der Waals surface area contributed by atoms with Crippen molar-refractivity contribution in [3.05, 3.63) is 59.2 Å². The molecule has 0 bridgehead atoms. The highest BCUT2D eigenvalue weighted by molar-refractivity contribution is 5.97. The summed E-state index contributed by atoms with van der Waals surface area (Å²) >= 11 is 0. The van der Waals surface area contributed by atoms with Crippen LogP contribution in [0, 0.1) is 13.8 Å². The van der Waals surface area contributed by atoms with E-state index in [1.807, 2.05) is 44.2 Å². The summed E-state index contributed by atoms with van der Waals surface area (Å²) < 4.78 is 0. The van der Waals surface area contributed by atoms with Crippen LogP contribution < -0.4 is 11.1 Å². The second-order valence-electron chi connectivity index (χ2n) is 6.21. The maximum Gasteiger partial charge on any atom is 0.326 e. The molecule has 2 aromatic rings. The Morgan fingerprint density at radius 1 is 1.04 bits per heavy atom.